The summed E-state index contributed by atoms with van der Waals surface area (Å²) in [6.07, 6.45) is 0.661. The van der Waals surface area contributed by atoms with E-state index in [0.29, 0.717) is 12.5 Å². The molecule has 0 aromatic heterocycles. The molecule has 3 rings (SSSR count). The average molecular weight is 653 g/mol. The summed E-state index contributed by atoms with van der Waals surface area (Å²) in [7, 11) is -20.7. The van der Waals surface area contributed by atoms with Gasteiger partial charge in [0.15, 0.2) is 11.6 Å². The minimum absolute atomic E-state index is 0.0158. The molecule has 0 saturated carbocycles. The first-order valence-electron chi connectivity index (χ1n) is 12.2. The van der Waals surface area contributed by atoms with Crippen LogP contribution in [0.4, 0.5) is 0 Å². The quantitative estimate of drug-likeness (QED) is 0.268. The van der Waals surface area contributed by atoms with E-state index in [-0.39, 0.29) is 43.4 Å². The number of nitrogens with zero attached hydrogens (tertiary/aromatic N) is 2. The maximum absolute atomic E-state index is 13.8. The van der Waals surface area contributed by atoms with Crippen LogP contribution < -0.4 is 0 Å². The molecule has 41 heavy (non-hydrogen) atoms. The van der Waals surface area contributed by atoms with Crippen molar-refractivity contribution in [1.29, 1.82) is 0 Å². The third kappa shape index (κ3) is 6.14. The van der Waals surface area contributed by atoms with Gasteiger partial charge in [0.25, 0.3) is 20.0 Å². The topological polar surface area (TPSA) is 218 Å². The monoisotopic (exact) mass is 652 g/mol. The van der Waals surface area contributed by atoms with Gasteiger partial charge >= 0.3 is 20.6 Å². The molecule has 0 aliphatic heterocycles. The van der Waals surface area contributed by atoms with Crippen molar-refractivity contribution in [2.24, 2.45) is 0 Å². The van der Waals surface area contributed by atoms with Crippen LogP contribution in [0.3, 0.4) is 0 Å². The van der Waals surface area contributed by atoms with Crippen LogP contribution in [0.25, 0.3) is 0 Å². The third-order valence-electron chi connectivity index (χ3n) is 6.09. The van der Waals surface area contributed by atoms with Gasteiger partial charge in [0.1, 0.15) is 0 Å². The van der Waals surface area contributed by atoms with E-state index < -0.39 is 86.2 Å². The van der Waals surface area contributed by atoms with E-state index in [1.165, 1.54) is 19.9 Å². The Morgan fingerprint density at radius 3 is 1.66 bits per heavy atom. The van der Waals surface area contributed by atoms with Crippen LogP contribution in [0.2, 0.25) is 0 Å². The SMILES string of the molecule is CCCc1cc2c(c(S(=O)(=O)N(CCC)S(=O)(=O)O)c1)C(=O)c1cc(S(=O)(=O)N(CCC)S(=O)(=O)O)ccc1C2=O. The molecule has 2 aromatic rings. The van der Waals surface area contributed by atoms with Gasteiger partial charge in [-0.15, -0.1) is 0 Å². The standard InChI is InChI=1S/C23H28N2O12S4/c1-4-7-15-12-19-21(20(13-15)39(30,31)25(11-6-3)41(35,36)37)23(27)18-14-16(8-9-17(18)22(19)26)38(28,29)24(10-5-2)40(32,33)34/h8-9,12-14H,4-7,10-11H2,1-3H3,(H,32,33,34)(H,35,36,37). The number of benzene rings is 2. The number of carbonyl (C=O) groups is 2. The highest BCUT2D eigenvalue weighted by atomic mass is 32.3. The Bertz CT molecular complexity index is 1850. The smallest absolute Gasteiger partial charge is 0.289 e. The van der Waals surface area contributed by atoms with Gasteiger partial charge in [0.05, 0.1) is 15.4 Å². The summed E-state index contributed by atoms with van der Waals surface area (Å²) >= 11 is 0. The summed E-state index contributed by atoms with van der Waals surface area (Å²) in [5.41, 5.74) is -1.73. The first-order valence-corrected chi connectivity index (χ1v) is 17.9. The number of sulfonamides is 2. The van der Waals surface area contributed by atoms with Crippen LogP contribution in [-0.4, -0.2) is 74.9 Å². The molecule has 0 fully saturated rings. The van der Waals surface area contributed by atoms with Crippen molar-refractivity contribution in [1.82, 2.24) is 7.42 Å². The van der Waals surface area contributed by atoms with Crippen molar-refractivity contribution in [3.63, 3.8) is 0 Å². The van der Waals surface area contributed by atoms with Gasteiger partial charge in [0.2, 0.25) is 0 Å². The first kappa shape index (κ1) is 32.9. The lowest BCUT2D eigenvalue weighted by molar-refractivity contribution is 0.0976. The van der Waals surface area contributed by atoms with Gasteiger partial charge < -0.3 is 0 Å². The van der Waals surface area contributed by atoms with Crippen LogP contribution >= 0.6 is 0 Å². The molecule has 1 aliphatic carbocycles. The molecule has 0 atom stereocenters. The van der Waals surface area contributed by atoms with Gasteiger partial charge in [-0.3, -0.25) is 18.7 Å². The zero-order valence-electron chi connectivity index (χ0n) is 22.1. The molecule has 1 aliphatic rings. The molecule has 18 heteroatoms. The third-order valence-corrected chi connectivity index (χ3v) is 13.0. The number of fused-ring (bicyclic) bond motifs is 2. The van der Waals surface area contributed by atoms with Gasteiger partial charge in [-0.25, -0.2) is 16.8 Å². The van der Waals surface area contributed by atoms with E-state index >= 15 is 0 Å². The van der Waals surface area contributed by atoms with Crippen LogP contribution in [0, 0.1) is 0 Å². The van der Waals surface area contributed by atoms with Gasteiger partial charge in [-0.1, -0.05) is 34.6 Å². The molecule has 2 N–H and O–H groups in total. The Balaban J connectivity index is 2.35. The normalized spacial score (nSPS) is 14.4. The summed E-state index contributed by atoms with van der Waals surface area (Å²) < 4.78 is 120. The molecule has 0 amide bonds. The lowest BCUT2D eigenvalue weighted by Crippen LogP contribution is -2.38. The Morgan fingerprint density at radius 1 is 0.634 bits per heavy atom. The zero-order chi connectivity index (χ0) is 31.1. The number of hydrogen-bond acceptors (Lipinski definition) is 10. The number of rotatable bonds is 12. The summed E-state index contributed by atoms with van der Waals surface area (Å²) in [4.78, 5) is 25.6. The van der Waals surface area contributed by atoms with E-state index in [4.69, 9.17) is 0 Å². The molecule has 0 unspecified atom stereocenters. The highest BCUT2D eigenvalue weighted by Crippen LogP contribution is 2.36. The van der Waals surface area contributed by atoms with E-state index in [2.05, 4.69) is 0 Å². The number of ketones is 2. The first-order chi connectivity index (χ1) is 18.8. The lowest BCUT2D eigenvalue weighted by Gasteiger charge is -2.25. The molecule has 0 radical (unpaired) electrons. The fraction of sp³-hybridized carbons (Fsp3) is 0.391. The van der Waals surface area contributed by atoms with Crippen molar-refractivity contribution in [3.8, 4) is 0 Å². The van der Waals surface area contributed by atoms with Crippen molar-refractivity contribution in [3.05, 3.63) is 58.1 Å². The predicted molar refractivity (Wildman–Crippen MR) is 145 cm³/mol. The molecule has 0 spiro atoms. The molecular weight excluding hydrogens is 625 g/mol. The second-order valence-corrected chi connectivity index (χ2v) is 15.9. The summed E-state index contributed by atoms with van der Waals surface area (Å²) in [6.45, 7) is 3.33. The zero-order valence-corrected chi connectivity index (χ0v) is 25.4. The number of hydrogen-bond donors (Lipinski definition) is 2. The van der Waals surface area contributed by atoms with Crippen molar-refractivity contribution < 1.29 is 52.4 Å². The van der Waals surface area contributed by atoms with Gasteiger partial charge in [-0.05, 0) is 55.2 Å². The Hall–Kier alpha value is -2.58. The molecule has 14 nitrogen and oxygen atoms in total. The number of carbonyl (C=O) groups excluding carboxylic acids is 2. The predicted octanol–water partition coefficient (Wildman–Crippen LogP) is 1.82. The fourth-order valence-corrected chi connectivity index (χ4v) is 10.3. The van der Waals surface area contributed by atoms with Gasteiger partial charge in [0, 0.05) is 29.8 Å². The minimum Gasteiger partial charge on any atom is -0.289 e. The molecule has 226 valence electrons. The Morgan fingerprint density at radius 2 is 1.17 bits per heavy atom. The van der Waals surface area contributed by atoms with Crippen LogP contribution in [0.5, 0.6) is 0 Å². The maximum atomic E-state index is 13.8. The van der Waals surface area contributed by atoms with Crippen LogP contribution in [0.1, 0.15) is 77.4 Å². The summed E-state index contributed by atoms with van der Waals surface area (Å²) in [5.74, 6) is -2.03. The van der Waals surface area contributed by atoms with E-state index in [1.54, 1.807) is 6.92 Å². The summed E-state index contributed by atoms with van der Waals surface area (Å²) in [5, 5.41) is 0. The molecule has 2 aromatic carbocycles. The second kappa shape index (κ2) is 11.6. The molecule has 0 saturated heterocycles. The highest BCUT2D eigenvalue weighted by Gasteiger charge is 2.42. The van der Waals surface area contributed by atoms with E-state index in [0.717, 1.165) is 18.2 Å². The molecule has 0 heterocycles. The highest BCUT2D eigenvalue weighted by molar-refractivity contribution is 8.02. The van der Waals surface area contributed by atoms with Crippen LogP contribution in [-0.2, 0) is 47.1 Å². The van der Waals surface area contributed by atoms with Crippen molar-refractivity contribution >= 4 is 52.2 Å². The molecule has 0 bridgehead atoms. The van der Waals surface area contributed by atoms with Crippen LogP contribution in [0.15, 0.2) is 40.1 Å². The average Bonchev–Trinajstić information content (AvgIpc) is 2.86. The van der Waals surface area contributed by atoms with E-state index in [9.17, 15) is 52.4 Å². The molecular formula is C23H28N2O12S4. The van der Waals surface area contributed by atoms with Crippen molar-refractivity contribution in [2.45, 2.75) is 56.2 Å². The summed E-state index contributed by atoms with van der Waals surface area (Å²) in [6, 6.07) is 4.81. The largest absolute Gasteiger partial charge is 0.349 e. The second-order valence-electron chi connectivity index (χ2n) is 9.09. The fourth-order valence-electron chi connectivity index (χ4n) is 4.38. The maximum Gasteiger partial charge on any atom is 0.349 e. The number of aryl methyl sites for hydroxylation is 1. The minimum atomic E-state index is -5.35. The van der Waals surface area contributed by atoms with Crippen molar-refractivity contribution in [2.75, 3.05) is 13.1 Å². The Kier molecular flexibility index (Phi) is 9.31. The van der Waals surface area contributed by atoms with Gasteiger partial charge in [-0.2, -0.15) is 16.8 Å². The Labute approximate surface area is 238 Å². The van der Waals surface area contributed by atoms with E-state index in [1.807, 2.05) is 0 Å². The lowest BCUT2D eigenvalue weighted by atomic mass is 9.83.